The van der Waals surface area contributed by atoms with Crippen molar-refractivity contribution in [1.82, 2.24) is 14.9 Å². The highest BCUT2D eigenvalue weighted by Gasteiger charge is 2.25. The predicted octanol–water partition coefficient (Wildman–Crippen LogP) is 4.99. The van der Waals surface area contributed by atoms with Gasteiger partial charge in [-0.05, 0) is 43.2 Å². The van der Waals surface area contributed by atoms with Crippen LogP contribution in [-0.4, -0.2) is 45.8 Å². The lowest BCUT2D eigenvalue weighted by molar-refractivity contribution is -0.111. The van der Waals surface area contributed by atoms with Crippen LogP contribution in [0.1, 0.15) is 60.5 Å². The number of oxazole rings is 1. The van der Waals surface area contributed by atoms with Crippen LogP contribution in [0.4, 0.5) is 10.8 Å². The molecule has 1 saturated heterocycles. The van der Waals surface area contributed by atoms with Crippen molar-refractivity contribution in [3.05, 3.63) is 71.4 Å². The molecular formula is C27H33N5O4S. The molecule has 2 amide bonds. The van der Waals surface area contributed by atoms with E-state index in [9.17, 15) is 9.59 Å². The fourth-order valence-corrected chi connectivity index (χ4v) is 4.76. The third-order valence-electron chi connectivity index (χ3n) is 5.94. The summed E-state index contributed by atoms with van der Waals surface area (Å²) >= 11 is 1.54. The van der Waals surface area contributed by atoms with Crippen LogP contribution in [0.15, 0.2) is 53.7 Å². The van der Waals surface area contributed by atoms with Crippen LogP contribution in [0, 0.1) is 0 Å². The molecule has 1 unspecified atom stereocenters. The highest BCUT2D eigenvalue weighted by molar-refractivity contribution is 7.15. The van der Waals surface area contributed by atoms with Gasteiger partial charge in [0.15, 0.2) is 5.13 Å². The first-order chi connectivity index (χ1) is 17.7. The Morgan fingerprint density at radius 3 is 2.70 bits per heavy atom. The van der Waals surface area contributed by atoms with E-state index in [2.05, 4.69) is 48.0 Å². The largest absolute Gasteiger partial charge is 0.443 e. The van der Waals surface area contributed by atoms with Gasteiger partial charge in [0.1, 0.15) is 12.4 Å². The second-order valence-electron chi connectivity index (χ2n) is 10.00. The van der Waals surface area contributed by atoms with E-state index in [1.54, 1.807) is 41.8 Å². The molecule has 2 N–H and O–H groups in total. The zero-order valence-corrected chi connectivity index (χ0v) is 22.3. The van der Waals surface area contributed by atoms with Crippen molar-refractivity contribution in [2.45, 2.75) is 58.3 Å². The molecule has 0 aliphatic carbocycles. The third-order valence-corrected chi connectivity index (χ3v) is 6.84. The Morgan fingerprint density at radius 1 is 1.22 bits per heavy atom. The number of benzene rings is 1. The van der Waals surface area contributed by atoms with Crippen LogP contribution in [-0.2, 0) is 28.2 Å². The van der Waals surface area contributed by atoms with Crippen molar-refractivity contribution in [3.8, 4) is 0 Å². The van der Waals surface area contributed by atoms with E-state index in [0.29, 0.717) is 43.4 Å². The van der Waals surface area contributed by atoms with Crippen molar-refractivity contribution >= 4 is 34.0 Å². The van der Waals surface area contributed by atoms with E-state index < -0.39 is 0 Å². The summed E-state index contributed by atoms with van der Waals surface area (Å²) in [5.74, 6) is 1.09. The van der Waals surface area contributed by atoms with E-state index >= 15 is 0 Å². The maximum Gasteiger partial charge on any atom is 0.253 e. The van der Waals surface area contributed by atoms with Gasteiger partial charge in [-0.1, -0.05) is 38.7 Å². The normalized spacial score (nSPS) is 15.9. The van der Waals surface area contributed by atoms with Crippen LogP contribution < -0.4 is 10.6 Å². The van der Waals surface area contributed by atoms with Gasteiger partial charge in [-0.15, -0.1) is 0 Å². The summed E-state index contributed by atoms with van der Waals surface area (Å²) in [6, 6.07) is 7.02. The number of nitrogens with zero attached hydrogens (tertiary/aromatic N) is 3. The van der Waals surface area contributed by atoms with Crippen LogP contribution >= 0.6 is 11.3 Å². The molecule has 1 aliphatic rings. The number of thiazole rings is 1. The van der Waals surface area contributed by atoms with Crippen molar-refractivity contribution in [2.75, 3.05) is 23.7 Å². The molecule has 1 aliphatic heterocycles. The number of nitrogens with one attached hydrogen (secondary N) is 2. The molecule has 0 saturated carbocycles. The number of anilines is 2. The van der Waals surface area contributed by atoms with Gasteiger partial charge in [0.25, 0.3) is 5.91 Å². The lowest BCUT2D eigenvalue weighted by Crippen LogP contribution is -2.45. The Balaban J connectivity index is 1.25. The maximum atomic E-state index is 13.0. The summed E-state index contributed by atoms with van der Waals surface area (Å²) in [5, 5.41) is 6.97. The summed E-state index contributed by atoms with van der Waals surface area (Å²) in [6.07, 6.45) is 6.64. The van der Waals surface area contributed by atoms with Gasteiger partial charge in [0.05, 0.1) is 17.7 Å². The van der Waals surface area contributed by atoms with E-state index in [1.165, 1.54) is 6.08 Å². The summed E-state index contributed by atoms with van der Waals surface area (Å²) in [7, 11) is 0. The smallest absolute Gasteiger partial charge is 0.253 e. The summed E-state index contributed by atoms with van der Waals surface area (Å²) in [6.45, 7) is 11.7. The molecule has 0 spiro atoms. The number of rotatable bonds is 9. The number of carbonyl (C=O) groups is 2. The molecule has 37 heavy (non-hydrogen) atoms. The topological polar surface area (TPSA) is 110 Å². The molecule has 0 bridgehead atoms. The number of likely N-dealkylation sites (tertiary alicyclic amines) is 1. The molecule has 1 atom stereocenters. The average Bonchev–Trinajstić information content (AvgIpc) is 3.54. The molecule has 3 aromatic rings. The summed E-state index contributed by atoms with van der Waals surface area (Å²) in [5.41, 5.74) is 1.13. The molecule has 1 fully saturated rings. The van der Waals surface area contributed by atoms with Crippen molar-refractivity contribution in [3.63, 3.8) is 0 Å². The maximum absolute atomic E-state index is 13.0. The van der Waals surface area contributed by atoms with Gasteiger partial charge in [-0.3, -0.25) is 9.59 Å². The molecule has 9 nitrogen and oxygen atoms in total. The van der Waals surface area contributed by atoms with Gasteiger partial charge >= 0.3 is 0 Å². The molecule has 3 heterocycles. The van der Waals surface area contributed by atoms with Gasteiger partial charge in [0, 0.05) is 42.0 Å². The Kier molecular flexibility index (Phi) is 8.40. The first kappa shape index (κ1) is 26.6. The lowest BCUT2D eigenvalue weighted by Gasteiger charge is -2.33. The third kappa shape index (κ3) is 7.27. The summed E-state index contributed by atoms with van der Waals surface area (Å²) < 4.78 is 11.5. The van der Waals surface area contributed by atoms with E-state index in [-0.39, 0.29) is 23.3 Å². The number of ether oxygens (including phenoxy) is 1. The standard InChI is InChI=1S/C27H33N5O4S/c1-5-23(33)30-19-10-8-18(9-11-19)25(34)32-12-6-7-20(15-32)31-26-29-13-21(37-26)16-35-17-24-28-14-22(36-24)27(2,3)4/h5,8-11,13-14,20H,1,6-7,12,15-17H2,2-4H3,(H,29,31)(H,30,33). The van der Waals surface area contributed by atoms with Crippen LogP contribution in [0.25, 0.3) is 0 Å². The van der Waals surface area contributed by atoms with Gasteiger partial charge < -0.3 is 24.7 Å². The van der Waals surface area contributed by atoms with E-state index in [0.717, 1.165) is 28.6 Å². The number of hydrogen-bond acceptors (Lipinski definition) is 8. The fourth-order valence-electron chi connectivity index (χ4n) is 3.93. The minimum atomic E-state index is -0.287. The Morgan fingerprint density at radius 2 is 2.00 bits per heavy atom. The molecule has 196 valence electrons. The van der Waals surface area contributed by atoms with Crippen LogP contribution in [0.3, 0.4) is 0 Å². The first-order valence-electron chi connectivity index (χ1n) is 12.3. The number of piperidine rings is 1. The Labute approximate surface area is 220 Å². The second kappa shape index (κ2) is 11.7. The number of hydrogen-bond donors (Lipinski definition) is 2. The highest BCUT2D eigenvalue weighted by Crippen LogP contribution is 2.25. The molecule has 1 aromatic carbocycles. The van der Waals surface area contributed by atoms with Crippen LogP contribution in [0.5, 0.6) is 0 Å². The number of amides is 2. The minimum absolute atomic E-state index is 0.0255. The first-order valence-corrected chi connectivity index (χ1v) is 13.1. The molecular weight excluding hydrogens is 490 g/mol. The van der Waals surface area contributed by atoms with Gasteiger partial charge in [0.2, 0.25) is 11.8 Å². The second-order valence-corrected chi connectivity index (χ2v) is 11.1. The van der Waals surface area contributed by atoms with Gasteiger partial charge in [-0.25, -0.2) is 9.97 Å². The average molecular weight is 524 g/mol. The van der Waals surface area contributed by atoms with Crippen molar-refractivity contribution in [1.29, 1.82) is 0 Å². The fraction of sp³-hybridized carbons (Fsp3) is 0.407. The zero-order valence-electron chi connectivity index (χ0n) is 21.5. The van der Waals surface area contributed by atoms with E-state index in [4.69, 9.17) is 9.15 Å². The number of aromatic nitrogens is 2. The van der Waals surface area contributed by atoms with E-state index in [1.807, 2.05) is 11.1 Å². The molecule has 10 heteroatoms. The van der Waals surface area contributed by atoms with Crippen LogP contribution in [0.2, 0.25) is 0 Å². The Hall–Kier alpha value is -3.50. The zero-order chi connectivity index (χ0) is 26.4. The molecule has 2 aromatic heterocycles. The molecule has 0 radical (unpaired) electrons. The summed E-state index contributed by atoms with van der Waals surface area (Å²) in [4.78, 5) is 36.1. The quantitative estimate of drug-likeness (QED) is 0.380. The lowest BCUT2D eigenvalue weighted by atomic mass is 9.94. The SMILES string of the molecule is C=CC(=O)Nc1ccc(C(=O)N2CCCC(Nc3ncc(COCc4ncc(C(C)(C)C)o4)s3)C2)cc1. The minimum Gasteiger partial charge on any atom is -0.443 e. The highest BCUT2D eigenvalue weighted by atomic mass is 32.1. The number of carbonyl (C=O) groups excluding carboxylic acids is 2. The monoisotopic (exact) mass is 523 g/mol. The van der Waals surface area contributed by atoms with Crippen molar-refractivity contribution < 1.29 is 18.7 Å². The molecule has 4 rings (SSSR count). The van der Waals surface area contributed by atoms with Gasteiger partial charge in [-0.2, -0.15) is 0 Å². The Bertz CT molecular complexity index is 1230. The predicted molar refractivity (Wildman–Crippen MR) is 144 cm³/mol. The van der Waals surface area contributed by atoms with Crippen molar-refractivity contribution in [2.24, 2.45) is 0 Å².